The molecule has 0 saturated carbocycles. The van der Waals surface area contributed by atoms with Crippen molar-refractivity contribution in [1.82, 2.24) is 15.1 Å². The Morgan fingerprint density at radius 1 is 1.00 bits per heavy atom. The van der Waals surface area contributed by atoms with Crippen molar-refractivity contribution in [1.29, 1.82) is 0 Å². The van der Waals surface area contributed by atoms with Gasteiger partial charge in [-0.15, -0.1) is 0 Å². The highest BCUT2D eigenvalue weighted by molar-refractivity contribution is 5.78. The van der Waals surface area contributed by atoms with Gasteiger partial charge in [-0.25, -0.2) is 0 Å². The number of piperidine rings is 1. The van der Waals surface area contributed by atoms with E-state index in [9.17, 15) is 9.59 Å². The lowest BCUT2D eigenvalue weighted by molar-refractivity contribution is -0.135. The number of rotatable bonds is 10. The molecular weight excluding hydrogens is 314 g/mol. The molecule has 2 bridgehead atoms. The highest BCUT2D eigenvalue weighted by atomic mass is 16.2. The first-order valence-corrected chi connectivity index (χ1v) is 10.4. The highest BCUT2D eigenvalue weighted by Crippen LogP contribution is 2.36. The zero-order chi connectivity index (χ0) is 18.2. The van der Waals surface area contributed by atoms with E-state index in [4.69, 9.17) is 0 Å². The summed E-state index contributed by atoms with van der Waals surface area (Å²) in [6.07, 6.45) is 8.57. The summed E-state index contributed by atoms with van der Waals surface area (Å²) in [5.74, 6) is 0.469. The van der Waals surface area contributed by atoms with Crippen LogP contribution >= 0.6 is 0 Å². The summed E-state index contributed by atoms with van der Waals surface area (Å²) in [5.41, 5.74) is 0. The largest absolute Gasteiger partial charge is 0.353 e. The van der Waals surface area contributed by atoms with Crippen LogP contribution in [0.5, 0.6) is 0 Å². The molecule has 0 aromatic carbocycles. The second-order valence-electron chi connectivity index (χ2n) is 7.72. The van der Waals surface area contributed by atoms with Gasteiger partial charge < -0.3 is 15.1 Å². The van der Waals surface area contributed by atoms with E-state index in [0.717, 1.165) is 51.7 Å². The van der Waals surface area contributed by atoms with Gasteiger partial charge in [0.15, 0.2) is 0 Å². The van der Waals surface area contributed by atoms with Crippen molar-refractivity contribution in [3.63, 3.8) is 0 Å². The van der Waals surface area contributed by atoms with Crippen LogP contribution in [0, 0.1) is 0 Å². The maximum absolute atomic E-state index is 12.3. The van der Waals surface area contributed by atoms with E-state index in [1.165, 1.54) is 12.8 Å². The van der Waals surface area contributed by atoms with Crippen LogP contribution in [0.15, 0.2) is 0 Å². The molecule has 0 radical (unpaired) electrons. The van der Waals surface area contributed by atoms with Crippen LogP contribution in [-0.4, -0.2) is 59.4 Å². The lowest BCUT2D eigenvalue weighted by atomic mass is 9.96. The molecule has 3 atom stereocenters. The molecule has 144 valence electrons. The van der Waals surface area contributed by atoms with Crippen LogP contribution in [0.4, 0.5) is 0 Å². The fourth-order valence-electron chi connectivity index (χ4n) is 4.62. The van der Waals surface area contributed by atoms with Gasteiger partial charge in [-0.3, -0.25) is 9.59 Å². The maximum atomic E-state index is 12.3. The van der Waals surface area contributed by atoms with Gasteiger partial charge in [0.1, 0.15) is 0 Å². The quantitative estimate of drug-likeness (QED) is 0.658. The van der Waals surface area contributed by atoms with Crippen LogP contribution in [0.1, 0.15) is 78.6 Å². The summed E-state index contributed by atoms with van der Waals surface area (Å²) >= 11 is 0. The first-order valence-electron chi connectivity index (χ1n) is 10.4. The van der Waals surface area contributed by atoms with Crippen molar-refractivity contribution in [2.24, 2.45) is 0 Å². The molecule has 1 N–H and O–H groups in total. The molecule has 1 unspecified atom stereocenters. The van der Waals surface area contributed by atoms with Gasteiger partial charge >= 0.3 is 0 Å². The molecule has 0 spiro atoms. The average molecular weight is 352 g/mol. The van der Waals surface area contributed by atoms with Crippen molar-refractivity contribution in [3.8, 4) is 0 Å². The smallest absolute Gasteiger partial charge is 0.222 e. The second-order valence-corrected chi connectivity index (χ2v) is 7.72. The normalized spacial score (nSPS) is 25.4. The Morgan fingerprint density at radius 2 is 1.60 bits per heavy atom. The second kappa shape index (κ2) is 10.1. The Morgan fingerprint density at radius 3 is 2.12 bits per heavy atom. The minimum Gasteiger partial charge on any atom is -0.353 e. The van der Waals surface area contributed by atoms with Crippen LogP contribution in [-0.2, 0) is 9.59 Å². The number of hydrogen-bond donors (Lipinski definition) is 1. The predicted molar refractivity (Wildman–Crippen MR) is 101 cm³/mol. The monoisotopic (exact) mass is 351 g/mol. The molecule has 2 amide bonds. The Hall–Kier alpha value is -1.10. The maximum Gasteiger partial charge on any atom is 0.222 e. The molecule has 2 aliphatic rings. The number of nitrogens with one attached hydrogen (secondary N) is 1. The van der Waals surface area contributed by atoms with E-state index in [-0.39, 0.29) is 17.9 Å². The molecule has 5 nitrogen and oxygen atoms in total. The van der Waals surface area contributed by atoms with Gasteiger partial charge in [-0.1, -0.05) is 20.8 Å². The fraction of sp³-hybridized carbons (Fsp3) is 0.900. The average Bonchev–Trinajstić information content (AvgIpc) is 2.85. The van der Waals surface area contributed by atoms with E-state index in [2.05, 4.69) is 29.0 Å². The summed E-state index contributed by atoms with van der Waals surface area (Å²) in [6.45, 7) is 9.63. The topological polar surface area (TPSA) is 52.7 Å². The first-order chi connectivity index (χ1) is 12.1. The Bertz CT molecular complexity index is 421. The molecule has 25 heavy (non-hydrogen) atoms. The van der Waals surface area contributed by atoms with Crippen LogP contribution in [0.3, 0.4) is 0 Å². The van der Waals surface area contributed by atoms with Crippen LogP contribution in [0.25, 0.3) is 0 Å². The van der Waals surface area contributed by atoms with E-state index in [1.54, 1.807) is 0 Å². The molecule has 2 heterocycles. The molecular formula is C20H37N3O2. The van der Waals surface area contributed by atoms with Crippen molar-refractivity contribution in [2.45, 2.75) is 96.7 Å². The molecule has 2 fully saturated rings. The molecule has 5 heteroatoms. The molecule has 0 aromatic heterocycles. The minimum absolute atomic E-state index is 0.188. The molecule has 0 aromatic rings. The number of amides is 2. The van der Waals surface area contributed by atoms with Gasteiger partial charge in [0, 0.05) is 31.0 Å². The van der Waals surface area contributed by atoms with Gasteiger partial charge in [0.2, 0.25) is 11.8 Å². The highest BCUT2D eigenvalue weighted by Gasteiger charge is 2.42. The van der Waals surface area contributed by atoms with Crippen molar-refractivity contribution >= 4 is 11.8 Å². The van der Waals surface area contributed by atoms with Crippen LogP contribution in [0.2, 0.25) is 0 Å². The summed E-state index contributed by atoms with van der Waals surface area (Å²) in [4.78, 5) is 29.0. The lowest BCUT2D eigenvalue weighted by Gasteiger charge is -2.39. The van der Waals surface area contributed by atoms with E-state index in [1.807, 2.05) is 6.92 Å². The van der Waals surface area contributed by atoms with Gasteiger partial charge in [-0.05, 0) is 64.6 Å². The van der Waals surface area contributed by atoms with E-state index in [0.29, 0.717) is 24.9 Å². The number of nitrogens with zero attached hydrogens (tertiary/aromatic N) is 2. The van der Waals surface area contributed by atoms with E-state index >= 15 is 0 Å². The molecule has 2 rings (SSSR count). The molecule has 2 aliphatic heterocycles. The van der Waals surface area contributed by atoms with E-state index < -0.39 is 0 Å². The standard InChI is InChI=1S/C20H37N3O2/c1-4-11-22(12-5-2)13-7-8-19(24)21-16-14-17-9-10-18(15-16)23(17)20(25)6-3/h16-18H,4-15H2,1-3H3,(H,21,24)/t16?,17-,18+. The van der Waals surface area contributed by atoms with Gasteiger partial charge in [0.25, 0.3) is 0 Å². The number of fused-ring (bicyclic) bond motifs is 2. The summed E-state index contributed by atoms with van der Waals surface area (Å²) < 4.78 is 0. The Balaban J connectivity index is 1.71. The summed E-state index contributed by atoms with van der Waals surface area (Å²) in [5, 5.41) is 3.24. The SMILES string of the molecule is CCCN(CCC)CCCC(=O)NC1C[C@H]2CC[C@@H](C1)N2C(=O)CC. The van der Waals surface area contributed by atoms with Gasteiger partial charge in [-0.2, -0.15) is 0 Å². The summed E-state index contributed by atoms with van der Waals surface area (Å²) in [6, 6.07) is 0.954. The Labute approximate surface area is 153 Å². The third kappa shape index (κ3) is 5.70. The number of hydrogen-bond acceptors (Lipinski definition) is 3. The zero-order valence-electron chi connectivity index (χ0n) is 16.4. The zero-order valence-corrected chi connectivity index (χ0v) is 16.4. The number of carbonyl (C=O) groups is 2. The first kappa shape index (κ1) is 20.2. The predicted octanol–water partition coefficient (Wildman–Crippen LogP) is 2.94. The number of carbonyl (C=O) groups excluding carboxylic acids is 2. The third-order valence-electron chi connectivity index (χ3n) is 5.65. The third-order valence-corrected chi connectivity index (χ3v) is 5.65. The van der Waals surface area contributed by atoms with Crippen molar-refractivity contribution in [2.75, 3.05) is 19.6 Å². The van der Waals surface area contributed by atoms with Crippen LogP contribution < -0.4 is 5.32 Å². The minimum atomic E-state index is 0.188. The van der Waals surface area contributed by atoms with Crippen molar-refractivity contribution in [3.05, 3.63) is 0 Å². The van der Waals surface area contributed by atoms with Crippen molar-refractivity contribution < 1.29 is 9.59 Å². The fourth-order valence-corrected chi connectivity index (χ4v) is 4.62. The molecule has 0 aliphatic carbocycles. The molecule has 2 saturated heterocycles. The van der Waals surface area contributed by atoms with Gasteiger partial charge in [0.05, 0.1) is 0 Å². The lowest BCUT2D eigenvalue weighted by Crippen LogP contribution is -2.52. The Kier molecular flexibility index (Phi) is 8.20. The summed E-state index contributed by atoms with van der Waals surface area (Å²) in [7, 11) is 0.